The van der Waals surface area contributed by atoms with Crippen molar-refractivity contribution in [1.82, 2.24) is 5.32 Å². The summed E-state index contributed by atoms with van der Waals surface area (Å²) in [7, 11) is 0. The molecule has 182 valence electrons. The molecule has 4 nitrogen and oxygen atoms in total. The topological polar surface area (TPSA) is 55.4 Å². The van der Waals surface area contributed by atoms with E-state index in [9.17, 15) is 22.8 Å². The van der Waals surface area contributed by atoms with E-state index < -0.39 is 35.7 Å². The molecule has 0 aliphatic carbocycles. The minimum absolute atomic E-state index is 0.256. The van der Waals surface area contributed by atoms with Gasteiger partial charge in [0.15, 0.2) is 0 Å². The summed E-state index contributed by atoms with van der Waals surface area (Å²) in [4.78, 5) is 23.7. The Morgan fingerprint density at radius 2 is 1.31 bits per heavy atom. The van der Waals surface area contributed by atoms with Crippen LogP contribution in [-0.4, -0.2) is 25.0 Å². The number of nitrogens with one attached hydrogen (secondary N) is 1. The van der Waals surface area contributed by atoms with Crippen LogP contribution in [0.3, 0.4) is 0 Å². The van der Waals surface area contributed by atoms with Crippen molar-refractivity contribution < 1.29 is 27.5 Å². The highest BCUT2D eigenvalue weighted by Crippen LogP contribution is 2.31. The molecule has 0 bridgehead atoms. The van der Waals surface area contributed by atoms with Gasteiger partial charge in [0.05, 0.1) is 17.7 Å². The Labute approximate surface area is 190 Å². The molecule has 0 aliphatic heterocycles. The zero-order valence-corrected chi connectivity index (χ0v) is 19.3. The third-order valence-electron chi connectivity index (χ3n) is 5.38. The van der Waals surface area contributed by atoms with Gasteiger partial charge in [-0.2, -0.15) is 13.2 Å². The second kappa shape index (κ2) is 16.6. The summed E-state index contributed by atoms with van der Waals surface area (Å²) in [6, 6.07) is 4.47. The molecule has 1 amide bonds. The van der Waals surface area contributed by atoms with Gasteiger partial charge in [0.2, 0.25) is 0 Å². The average Bonchev–Trinajstić information content (AvgIpc) is 2.77. The molecule has 0 aliphatic rings. The fourth-order valence-electron chi connectivity index (χ4n) is 3.53. The van der Waals surface area contributed by atoms with E-state index in [1.165, 1.54) is 76.3 Å². The zero-order chi connectivity index (χ0) is 23.7. The molecule has 0 heterocycles. The minimum Gasteiger partial charge on any atom is -0.464 e. The fourth-order valence-corrected chi connectivity index (χ4v) is 3.53. The Morgan fingerprint density at radius 1 is 0.812 bits per heavy atom. The molecule has 7 heteroatoms. The van der Waals surface area contributed by atoms with Crippen molar-refractivity contribution in [2.24, 2.45) is 0 Å². The number of ether oxygens (including phenoxy) is 1. The molecule has 0 spiro atoms. The van der Waals surface area contributed by atoms with Gasteiger partial charge in [-0.25, -0.2) is 0 Å². The van der Waals surface area contributed by atoms with Gasteiger partial charge in [0.1, 0.15) is 6.54 Å². The molecule has 0 radical (unpaired) electrons. The molecule has 0 unspecified atom stereocenters. The Morgan fingerprint density at radius 3 is 1.84 bits per heavy atom. The first-order chi connectivity index (χ1) is 15.4. The van der Waals surface area contributed by atoms with Gasteiger partial charge in [-0.3, -0.25) is 9.59 Å². The summed E-state index contributed by atoms with van der Waals surface area (Å²) in [6.07, 6.45) is 11.2. The van der Waals surface area contributed by atoms with Crippen LogP contribution in [0.5, 0.6) is 0 Å². The van der Waals surface area contributed by atoms with Crippen molar-refractivity contribution in [1.29, 1.82) is 0 Å². The van der Waals surface area contributed by atoms with E-state index in [1.807, 2.05) is 0 Å². The third kappa shape index (κ3) is 12.7. The second-order valence-corrected chi connectivity index (χ2v) is 8.19. The van der Waals surface area contributed by atoms with Gasteiger partial charge in [-0.15, -0.1) is 0 Å². The van der Waals surface area contributed by atoms with Gasteiger partial charge in [-0.05, 0) is 18.6 Å². The van der Waals surface area contributed by atoms with Crippen LogP contribution in [0.15, 0.2) is 24.3 Å². The number of hydrogen-bond donors (Lipinski definition) is 1. The van der Waals surface area contributed by atoms with Crippen LogP contribution in [-0.2, 0) is 15.7 Å². The third-order valence-corrected chi connectivity index (χ3v) is 5.38. The van der Waals surface area contributed by atoms with E-state index in [4.69, 9.17) is 4.74 Å². The second-order valence-electron chi connectivity index (χ2n) is 8.19. The monoisotopic (exact) mass is 457 g/mol. The van der Waals surface area contributed by atoms with E-state index in [0.717, 1.165) is 31.4 Å². The standard InChI is InChI=1S/C25H38F3NO3/c1-2-3-4-5-6-7-8-9-10-11-12-13-16-19-32-23(30)20-29-24(31)21-17-14-15-18-22(21)25(26,27)28/h14-15,17-18H,2-13,16,19-20H2,1H3,(H,29,31). The molecule has 32 heavy (non-hydrogen) atoms. The molecule has 0 fully saturated rings. The lowest BCUT2D eigenvalue weighted by atomic mass is 10.0. The number of halogens is 3. The number of rotatable bonds is 17. The quantitative estimate of drug-likeness (QED) is 0.201. The number of benzene rings is 1. The maximum absolute atomic E-state index is 13.0. The Bertz CT molecular complexity index is 662. The first kappa shape index (κ1) is 28.0. The Balaban J connectivity index is 2.03. The highest BCUT2D eigenvalue weighted by molar-refractivity contribution is 5.97. The first-order valence-corrected chi connectivity index (χ1v) is 12.0. The predicted octanol–water partition coefficient (Wildman–Crippen LogP) is 7.07. The molecule has 1 aromatic rings. The van der Waals surface area contributed by atoms with Crippen molar-refractivity contribution in [3.8, 4) is 0 Å². The van der Waals surface area contributed by atoms with Crippen LogP contribution >= 0.6 is 0 Å². The van der Waals surface area contributed by atoms with E-state index in [1.54, 1.807) is 0 Å². The normalized spacial score (nSPS) is 11.4. The van der Waals surface area contributed by atoms with Crippen molar-refractivity contribution in [3.05, 3.63) is 35.4 Å². The maximum Gasteiger partial charge on any atom is 0.417 e. The predicted molar refractivity (Wildman–Crippen MR) is 120 cm³/mol. The average molecular weight is 458 g/mol. The maximum atomic E-state index is 13.0. The van der Waals surface area contributed by atoms with Gasteiger partial charge >= 0.3 is 12.1 Å². The number of amides is 1. The Hall–Kier alpha value is -2.05. The molecular weight excluding hydrogens is 419 g/mol. The highest BCUT2D eigenvalue weighted by Gasteiger charge is 2.34. The van der Waals surface area contributed by atoms with E-state index in [0.29, 0.717) is 0 Å². The molecular formula is C25H38F3NO3. The summed E-state index contributed by atoms with van der Waals surface area (Å²) in [5.41, 5.74) is -1.54. The number of hydrogen-bond acceptors (Lipinski definition) is 3. The van der Waals surface area contributed by atoms with Gasteiger partial charge in [0.25, 0.3) is 5.91 Å². The number of esters is 1. The number of carbonyl (C=O) groups is 2. The number of unbranched alkanes of at least 4 members (excludes halogenated alkanes) is 12. The van der Waals surface area contributed by atoms with Crippen LogP contribution in [0.4, 0.5) is 13.2 Å². The highest BCUT2D eigenvalue weighted by atomic mass is 19.4. The van der Waals surface area contributed by atoms with Crippen LogP contribution in [0.2, 0.25) is 0 Å². The largest absolute Gasteiger partial charge is 0.464 e. The fraction of sp³-hybridized carbons (Fsp3) is 0.680. The van der Waals surface area contributed by atoms with E-state index in [2.05, 4.69) is 12.2 Å². The van der Waals surface area contributed by atoms with Gasteiger partial charge in [0, 0.05) is 0 Å². The van der Waals surface area contributed by atoms with Crippen molar-refractivity contribution in [3.63, 3.8) is 0 Å². The molecule has 0 atom stereocenters. The lowest BCUT2D eigenvalue weighted by Crippen LogP contribution is -2.32. The van der Waals surface area contributed by atoms with Gasteiger partial charge < -0.3 is 10.1 Å². The number of carbonyl (C=O) groups excluding carboxylic acids is 2. The van der Waals surface area contributed by atoms with E-state index >= 15 is 0 Å². The van der Waals surface area contributed by atoms with Crippen LogP contribution < -0.4 is 5.32 Å². The van der Waals surface area contributed by atoms with Crippen molar-refractivity contribution in [2.45, 2.75) is 96.6 Å². The van der Waals surface area contributed by atoms with Crippen molar-refractivity contribution >= 4 is 11.9 Å². The molecule has 0 saturated heterocycles. The summed E-state index contributed by atoms with van der Waals surface area (Å²) in [6.45, 7) is 2.03. The van der Waals surface area contributed by atoms with E-state index in [-0.39, 0.29) is 6.61 Å². The lowest BCUT2D eigenvalue weighted by molar-refractivity contribution is -0.142. The lowest BCUT2D eigenvalue weighted by Gasteiger charge is -2.12. The summed E-state index contributed by atoms with van der Waals surface area (Å²) < 4.78 is 43.9. The molecule has 0 saturated carbocycles. The smallest absolute Gasteiger partial charge is 0.417 e. The SMILES string of the molecule is CCCCCCCCCCCCCCCOC(=O)CNC(=O)c1ccccc1C(F)(F)F. The number of alkyl halides is 3. The summed E-state index contributed by atoms with van der Waals surface area (Å²) in [5, 5.41) is 2.20. The van der Waals surface area contributed by atoms with Gasteiger partial charge in [-0.1, -0.05) is 96.1 Å². The van der Waals surface area contributed by atoms with Crippen LogP contribution in [0, 0.1) is 0 Å². The molecule has 1 N–H and O–H groups in total. The zero-order valence-electron chi connectivity index (χ0n) is 19.3. The molecule has 1 aromatic carbocycles. The summed E-state index contributed by atoms with van der Waals surface area (Å²) >= 11 is 0. The van der Waals surface area contributed by atoms with Crippen molar-refractivity contribution in [2.75, 3.05) is 13.2 Å². The molecule has 0 aromatic heterocycles. The van der Waals surface area contributed by atoms with Crippen LogP contribution in [0.1, 0.15) is 106 Å². The first-order valence-electron chi connectivity index (χ1n) is 12.0. The summed E-state index contributed by atoms with van der Waals surface area (Å²) in [5.74, 6) is -1.60. The van der Waals surface area contributed by atoms with Crippen LogP contribution in [0.25, 0.3) is 0 Å². The minimum atomic E-state index is -4.64. The Kier molecular flexibility index (Phi) is 14.5. The molecule has 1 rings (SSSR count).